The molecular weight excluding hydrogens is 146 g/mol. The molecule has 0 aliphatic heterocycles. The highest BCUT2D eigenvalue weighted by Gasteiger charge is 2.01. The third-order valence-corrected chi connectivity index (χ3v) is 2.64. The van der Waals surface area contributed by atoms with Gasteiger partial charge in [-0.1, -0.05) is 20.3 Å². The summed E-state index contributed by atoms with van der Waals surface area (Å²) in [6.07, 6.45) is 5.95. The van der Waals surface area contributed by atoms with E-state index >= 15 is 0 Å². The molecule has 0 aliphatic rings. The van der Waals surface area contributed by atoms with Crippen molar-refractivity contribution in [1.29, 1.82) is 0 Å². The van der Waals surface area contributed by atoms with E-state index in [4.69, 9.17) is 0 Å². The van der Waals surface area contributed by atoms with Crippen molar-refractivity contribution < 1.29 is 0 Å². The summed E-state index contributed by atoms with van der Waals surface area (Å²) in [4.78, 5) is 0. The molecule has 0 spiro atoms. The summed E-state index contributed by atoms with van der Waals surface area (Å²) >= 11 is 0. The van der Waals surface area contributed by atoms with E-state index in [0.717, 1.165) is 5.92 Å². The second kappa shape index (κ2) is 4.34. The van der Waals surface area contributed by atoms with Crippen LogP contribution in [0.5, 0.6) is 0 Å². The summed E-state index contributed by atoms with van der Waals surface area (Å²) in [5.41, 5.74) is 1.45. The van der Waals surface area contributed by atoms with Crippen LogP contribution < -0.4 is 0 Å². The highest BCUT2D eigenvalue weighted by molar-refractivity contribution is 5.06. The molecule has 1 nitrogen and oxygen atoms in total. The lowest BCUT2D eigenvalue weighted by atomic mass is 10.0. The van der Waals surface area contributed by atoms with Crippen molar-refractivity contribution in [2.45, 2.75) is 33.1 Å². The Labute approximate surface area is 75.4 Å². The molecule has 1 heteroatoms. The van der Waals surface area contributed by atoms with Gasteiger partial charge in [0.2, 0.25) is 0 Å². The molecule has 1 heterocycles. The van der Waals surface area contributed by atoms with E-state index in [1.165, 1.54) is 25.0 Å². The maximum atomic E-state index is 2.32. The highest BCUT2D eigenvalue weighted by Crippen LogP contribution is 2.11. The molecule has 1 rings (SSSR count). The summed E-state index contributed by atoms with van der Waals surface area (Å²) in [7, 11) is 2.12. The van der Waals surface area contributed by atoms with Crippen LogP contribution in [0.2, 0.25) is 0 Å². The van der Waals surface area contributed by atoms with Crippen molar-refractivity contribution in [2.75, 3.05) is 0 Å². The van der Waals surface area contributed by atoms with E-state index in [0.29, 0.717) is 0 Å². The van der Waals surface area contributed by atoms with Crippen molar-refractivity contribution in [3.05, 3.63) is 24.0 Å². The van der Waals surface area contributed by atoms with Crippen LogP contribution in [0.15, 0.2) is 18.3 Å². The van der Waals surface area contributed by atoms with Crippen molar-refractivity contribution in [3.63, 3.8) is 0 Å². The summed E-state index contributed by atoms with van der Waals surface area (Å²) in [6.45, 7) is 4.58. The van der Waals surface area contributed by atoms with Crippen LogP contribution in [0.25, 0.3) is 0 Å². The first-order valence-electron chi connectivity index (χ1n) is 4.84. The Morgan fingerprint density at radius 3 is 2.75 bits per heavy atom. The van der Waals surface area contributed by atoms with Gasteiger partial charge in [0.05, 0.1) is 0 Å². The third-order valence-electron chi connectivity index (χ3n) is 2.64. The Kier molecular flexibility index (Phi) is 3.39. The standard InChI is InChI=1S/C11H19N/c1-4-10(2)7-8-11-6-5-9-12(11)3/h5-6,9-10H,4,7-8H2,1-3H3. The Morgan fingerprint density at radius 1 is 1.50 bits per heavy atom. The quantitative estimate of drug-likeness (QED) is 0.646. The fourth-order valence-electron chi connectivity index (χ4n) is 1.35. The Balaban J connectivity index is 2.38. The highest BCUT2D eigenvalue weighted by atomic mass is 14.9. The molecule has 0 aromatic carbocycles. The number of aromatic nitrogens is 1. The Morgan fingerprint density at radius 2 is 2.25 bits per heavy atom. The van der Waals surface area contributed by atoms with Gasteiger partial charge in [0.1, 0.15) is 0 Å². The first-order chi connectivity index (χ1) is 5.74. The van der Waals surface area contributed by atoms with E-state index in [2.05, 4.69) is 43.8 Å². The van der Waals surface area contributed by atoms with Gasteiger partial charge < -0.3 is 4.57 Å². The van der Waals surface area contributed by atoms with Crippen LogP contribution in [0.3, 0.4) is 0 Å². The maximum Gasteiger partial charge on any atom is 0.0171 e. The molecule has 0 bridgehead atoms. The SMILES string of the molecule is CCC(C)CCc1cccn1C. The lowest BCUT2D eigenvalue weighted by Gasteiger charge is -2.08. The summed E-state index contributed by atoms with van der Waals surface area (Å²) in [5.74, 6) is 0.861. The third kappa shape index (κ3) is 2.40. The average molecular weight is 165 g/mol. The van der Waals surface area contributed by atoms with Gasteiger partial charge in [-0.3, -0.25) is 0 Å². The van der Waals surface area contributed by atoms with Gasteiger partial charge in [0, 0.05) is 18.9 Å². The second-order valence-corrected chi connectivity index (χ2v) is 3.66. The molecule has 0 fully saturated rings. The number of nitrogens with zero attached hydrogens (tertiary/aromatic N) is 1. The molecule has 0 amide bonds. The number of hydrogen-bond acceptors (Lipinski definition) is 0. The summed E-state index contributed by atoms with van der Waals surface area (Å²) in [6, 6.07) is 4.33. The van der Waals surface area contributed by atoms with Gasteiger partial charge in [-0.05, 0) is 30.9 Å². The molecule has 1 aromatic heterocycles. The van der Waals surface area contributed by atoms with Gasteiger partial charge in [-0.15, -0.1) is 0 Å². The van der Waals surface area contributed by atoms with E-state index in [-0.39, 0.29) is 0 Å². The van der Waals surface area contributed by atoms with Crippen LogP contribution in [0.1, 0.15) is 32.4 Å². The normalized spacial score (nSPS) is 13.2. The van der Waals surface area contributed by atoms with E-state index in [1.807, 2.05) is 0 Å². The Bertz CT molecular complexity index is 225. The lowest BCUT2D eigenvalue weighted by molar-refractivity contribution is 0.509. The van der Waals surface area contributed by atoms with E-state index in [9.17, 15) is 0 Å². The zero-order valence-electron chi connectivity index (χ0n) is 8.38. The number of hydrogen-bond donors (Lipinski definition) is 0. The molecule has 0 radical (unpaired) electrons. The van der Waals surface area contributed by atoms with Gasteiger partial charge in [-0.25, -0.2) is 0 Å². The van der Waals surface area contributed by atoms with Crippen molar-refractivity contribution >= 4 is 0 Å². The predicted octanol–water partition coefficient (Wildman–Crippen LogP) is 3.00. The van der Waals surface area contributed by atoms with Crippen LogP contribution >= 0.6 is 0 Å². The smallest absolute Gasteiger partial charge is 0.0171 e. The topological polar surface area (TPSA) is 4.93 Å². The van der Waals surface area contributed by atoms with Crippen LogP contribution in [0.4, 0.5) is 0 Å². The van der Waals surface area contributed by atoms with Gasteiger partial charge >= 0.3 is 0 Å². The van der Waals surface area contributed by atoms with Gasteiger partial charge in [0.15, 0.2) is 0 Å². The zero-order chi connectivity index (χ0) is 8.97. The zero-order valence-corrected chi connectivity index (χ0v) is 8.38. The first kappa shape index (κ1) is 9.37. The largest absolute Gasteiger partial charge is 0.354 e. The predicted molar refractivity (Wildman–Crippen MR) is 53.2 cm³/mol. The minimum Gasteiger partial charge on any atom is -0.354 e. The molecule has 1 aromatic rings. The van der Waals surface area contributed by atoms with Crippen LogP contribution in [0, 0.1) is 5.92 Å². The number of rotatable bonds is 4. The van der Waals surface area contributed by atoms with Crippen molar-refractivity contribution in [2.24, 2.45) is 13.0 Å². The molecule has 0 saturated heterocycles. The van der Waals surface area contributed by atoms with E-state index < -0.39 is 0 Å². The van der Waals surface area contributed by atoms with Gasteiger partial charge in [-0.2, -0.15) is 0 Å². The monoisotopic (exact) mass is 165 g/mol. The first-order valence-corrected chi connectivity index (χ1v) is 4.84. The fraction of sp³-hybridized carbons (Fsp3) is 0.636. The molecule has 68 valence electrons. The second-order valence-electron chi connectivity index (χ2n) is 3.66. The number of aryl methyl sites for hydroxylation is 2. The molecule has 0 N–H and O–H groups in total. The molecule has 1 unspecified atom stereocenters. The average Bonchev–Trinajstić information content (AvgIpc) is 2.47. The molecule has 0 aliphatic carbocycles. The summed E-state index contributed by atoms with van der Waals surface area (Å²) < 4.78 is 2.21. The molecule has 1 atom stereocenters. The molecule has 0 saturated carbocycles. The Hall–Kier alpha value is -0.720. The van der Waals surface area contributed by atoms with Gasteiger partial charge in [0.25, 0.3) is 0 Å². The van der Waals surface area contributed by atoms with Crippen LogP contribution in [-0.2, 0) is 13.5 Å². The van der Waals surface area contributed by atoms with Crippen molar-refractivity contribution in [1.82, 2.24) is 4.57 Å². The fourth-order valence-corrected chi connectivity index (χ4v) is 1.35. The minimum atomic E-state index is 0.861. The summed E-state index contributed by atoms with van der Waals surface area (Å²) in [5, 5.41) is 0. The van der Waals surface area contributed by atoms with Crippen LogP contribution in [-0.4, -0.2) is 4.57 Å². The lowest BCUT2D eigenvalue weighted by Crippen LogP contribution is -1.99. The molecule has 12 heavy (non-hydrogen) atoms. The van der Waals surface area contributed by atoms with E-state index in [1.54, 1.807) is 0 Å². The minimum absolute atomic E-state index is 0.861. The molecular formula is C11H19N. The van der Waals surface area contributed by atoms with Crippen molar-refractivity contribution in [3.8, 4) is 0 Å². The maximum absolute atomic E-state index is 2.32.